The Kier molecular flexibility index (Phi) is 7.23. The van der Waals surface area contributed by atoms with Crippen LogP contribution < -0.4 is 10.6 Å². The van der Waals surface area contributed by atoms with Crippen LogP contribution in [0.4, 0.5) is 0 Å². The third-order valence-corrected chi connectivity index (χ3v) is 6.81. The molecule has 3 rings (SSSR count). The third-order valence-electron chi connectivity index (χ3n) is 5.32. The molecule has 144 valence electrons. The van der Waals surface area contributed by atoms with Gasteiger partial charge in [-0.1, -0.05) is 25.1 Å². The van der Waals surface area contributed by atoms with Crippen LogP contribution in [0.3, 0.4) is 0 Å². The first kappa shape index (κ1) is 19.5. The number of nitrogens with one attached hydrogen (secondary N) is 2. The van der Waals surface area contributed by atoms with Gasteiger partial charge in [0.2, 0.25) is 0 Å². The second-order valence-electron chi connectivity index (χ2n) is 7.23. The van der Waals surface area contributed by atoms with E-state index in [2.05, 4.69) is 62.7 Å². The largest absolute Gasteiger partial charge is 0.355 e. The summed E-state index contributed by atoms with van der Waals surface area (Å²) in [6.45, 7) is 11.2. The Balaban J connectivity index is 1.35. The second kappa shape index (κ2) is 9.62. The summed E-state index contributed by atoms with van der Waals surface area (Å²) in [5.74, 6) is 0.928. The van der Waals surface area contributed by atoms with E-state index in [-0.39, 0.29) is 0 Å². The minimum atomic E-state index is 0.343. The molecule has 0 spiro atoms. The maximum absolute atomic E-state index is 4.39. The summed E-state index contributed by atoms with van der Waals surface area (Å²) in [6, 6.07) is 10.7. The minimum absolute atomic E-state index is 0.343. The highest BCUT2D eigenvalue weighted by molar-refractivity contribution is 8.01. The normalized spacial score (nSPS) is 20.8. The monoisotopic (exact) mass is 375 g/mol. The van der Waals surface area contributed by atoms with Crippen LogP contribution in [-0.2, 0) is 0 Å². The standard InChI is InChI=1S/C20H33N5S/c1-3-24-13-15-25(16-14-24)12-11-22-19(21-2)23-17-20(9-10-20)26-18-7-5-4-6-8-18/h4-8H,3,9-17H2,1-2H3,(H2,21,22,23). The Morgan fingerprint density at radius 3 is 2.38 bits per heavy atom. The summed E-state index contributed by atoms with van der Waals surface area (Å²) >= 11 is 2.00. The van der Waals surface area contributed by atoms with Gasteiger partial charge in [-0.15, -0.1) is 11.8 Å². The lowest BCUT2D eigenvalue weighted by Gasteiger charge is -2.34. The minimum Gasteiger partial charge on any atom is -0.355 e. The van der Waals surface area contributed by atoms with Gasteiger partial charge in [0.1, 0.15) is 0 Å². The zero-order chi connectivity index (χ0) is 18.2. The quantitative estimate of drug-likeness (QED) is 0.538. The predicted molar refractivity (Wildman–Crippen MR) is 112 cm³/mol. The lowest BCUT2D eigenvalue weighted by molar-refractivity contribution is 0.139. The van der Waals surface area contributed by atoms with Crippen LogP contribution in [0.2, 0.25) is 0 Å². The maximum atomic E-state index is 4.39. The SMILES string of the molecule is CCN1CCN(CCNC(=NC)NCC2(Sc3ccccc3)CC2)CC1. The molecule has 1 saturated heterocycles. The van der Waals surface area contributed by atoms with Crippen LogP contribution in [0.1, 0.15) is 19.8 Å². The van der Waals surface area contributed by atoms with Crippen molar-refractivity contribution in [1.82, 2.24) is 20.4 Å². The zero-order valence-electron chi connectivity index (χ0n) is 16.2. The van der Waals surface area contributed by atoms with Crippen LogP contribution in [0, 0.1) is 0 Å². The van der Waals surface area contributed by atoms with E-state index in [1.54, 1.807) is 0 Å². The first-order valence-corrected chi connectivity index (χ1v) is 10.7. The Bertz CT molecular complexity index is 565. The molecule has 0 amide bonds. The number of rotatable bonds is 8. The van der Waals surface area contributed by atoms with Crippen molar-refractivity contribution in [2.75, 3.05) is 59.4 Å². The fourth-order valence-corrected chi connectivity index (χ4v) is 4.56. The van der Waals surface area contributed by atoms with Crippen molar-refractivity contribution in [2.45, 2.75) is 29.4 Å². The number of guanidine groups is 1. The van der Waals surface area contributed by atoms with Crippen molar-refractivity contribution in [3.8, 4) is 0 Å². The summed E-state index contributed by atoms with van der Waals surface area (Å²) in [5.41, 5.74) is 0. The predicted octanol–water partition coefficient (Wildman–Crippen LogP) is 2.11. The molecule has 2 fully saturated rings. The van der Waals surface area contributed by atoms with Gasteiger partial charge in [0, 0.05) is 62.5 Å². The lowest BCUT2D eigenvalue weighted by Crippen LogP contribution is -2.49. The fraction of sp³-hybridized carbons (Fsp3) is 0.650. The highest BCUT2D eigenvalue weighted by Crippen LogP contribution is 2.51. The van der Waals surface area contributed by atoms with E-state index in [1.807, 2.05) is 18.8 Å². The lowest BCUT2D eigenvalue weighted by atomic mass is 10.3. The number of hydrogen-bond donors (Lipinski definition) is 2. The number of hydrogen-bond acceptors (Lipinski definition) is 4. The van der Waals surface area contributed by atoms with Gasteiger partial charge in [0.25, 0.3) is 0 Å². The molecule has 1 aliphatic carbocycles. The van der Waals surface area contributed by atoms with Gasteiger partial charge in [-0.3, -0.25) is 9.89 Å². The van der Waals surface area contributed by atoms with Crippen LogP contribution >= 0.6 is 11.8 Å². The van der Waals surface area contributed by atoms with Crippen molar-refractivity contribution in [3.63, 3.8) is 0 Å². The highest BCUT2D eigenvalue weighted by Gasteiger charge is 2.43. The molecule has 0 atom stereocenters. The summed E-state index contributed by atoms with van der Waals surface area (Å²) in [4.78, 5) is 10.8. The molecule has 0 aromatic heterocycles. The van der Waals surface area contributed by atoms with Crippen molar-refractivity contribution in [2.24, 2.45) is 4.99 Å². The molecule has 1 aromatic carbocycles. The number of thioether (sulfide) groups is 1. The van der Waals surface area contributed by atoms with Gasteiger partial charge in [-0.2, -0.15) is 0 Å². The van der Waals surface area contributed by atoms with Gasteiger partial charge < -0.3 is 15.5 Å². The van der Waals surface area contributed by atoms with E-state index < -0.39 is 0 Å². The first-order chi connectivity index (χ1) is 12.7. The van der Waals surface area contributed by atoms with Crippen LogP contribution in [0.5, 0.6) is 0 Å². The van der Waals surface area contributed by atoms with Crippen LogP contribution in [0.25, 0.3) is 0 Å². The molecule has 0 bridgehead atoms. The molecule has 1 aromatic rings. The number of likely N-dealkylation sites (N-methyl/N-ethyl adjacent to an activating group) is 1. The van der Waals surface area contributed by atoms with Crippen LogP contribution in [-0.4, -0.2) is 79.9 Å². The Labute approximate surface area is 162 Å². The number of benzene rings is 1. The van der Waals surface area contributed by atoms with Crippen molar-refractivity contribution in [1.29, 1.82) is 0 Å². The van der Waals surface area contributed by atoms with Gasteiger partial charge in [-0.25, -0.2) is 0 Å². The molecule has 6 heteroatoms. The van der Waals surface area contributed by atoms with Crippen molar-refractivity contribution in [3.05, 3.63) is 30.3 Å². The summed E-state index contributed by atoms with van der Waals surface area (Å²) in [6.07, 6.45) is 2.55. The van der Waals surface area contributed by atoms with E-state index >= 15 is 0 Å². The molecule has 5 nitrogen and oxygen atoms in total. The number of nitrogens with zero attached hydrogens (tertiary/aromatic N) is 3. The average Bonchev–Trinajstić information content (AvgIpc) is 3.45. The van der Waals surface area contributed by atoms with E-state index in [0.717, 1.165) is 25.6 Å². The molecule has 0 unspecified atom stereocenters. The fourth-order valence-electron chi connectivity index (χ4n) is 3.32. The average molecular weight is 376 g/mol. The van der Waals surface area contributed by atoms with Crippen molar-refractivity contribution < 1.29 is 0 Å². The third kappa shape index (κ3) is 5.89. The Hall–Kier alpha value is -1.24. The topological polar surface area (TPSA) is 42.9 Å². The van der Waals surface area contributed by atoms with E-state index in [9.17, 15) is 0 Å². The zero-order valence-corrected chi connectivity index (χ0v) is 17.0. The van der Waals surface area contributed by atoms with Gasteiger partial charge in [-0.05, 0) is 31.5 Å². The van der Waals surface area contributed by atoms with Gasteiger partial charge >= 0.3 is 0 Å². The molecular weight excluding hydrogens is 342 g/mol. The summed E-state index contributed by atoms with van der Waals surface area (Å²) in [5, 5.41) is 7.02. The number of aliphatic imine (C=N–C) groups is 1. The molecule has 1 aliphatic heterocycles. The molecular formula is C20H33N5S. The van der Waals surface area contributed by atoms with E-state index in [1.165, 1.54) is 50.5 Å². The molecule has 1 heterocycles. The molecule has 0 radical (unpaired) electrons. The molecule has 26 heavy (non-hydrogen) atoms. The first-order valence-electron chi connectivity index (χ1n) is 9.86. The number of piperazine rings is 1. The highest BCUT2D eigenvalue weighted by atomic mass is 32.2. The molecule has 1 saturated carbocycles. The summed E-state index contributed by atoms with van der Waals surface area (Å²) < 4.78 is 0.343. The second-order valence-corrected chi connectivity index (χ2v) is 8.77. The summed E-state index contributed by atoms with van der Waals surface area (Å²) in [7, 11) is 1.86. The Morgan fingerprint density at radius 1 is 1.08 bits per heavy atom. The molecule has 2 N–H and O–H groups in total. The van der Waals surface area contributed by atoms with Gasteiger partial charge in [0.05, 0.1) is 0 Å². The maximum Gasteiger partial charge on any atom is 0.191 e. The van der Waals surface area contributed by atoms with Gasteiger partial charge in [0.15, 0.2) is 5.96 Å². The molecule has 2 aliphatic rings. The van der Waals surface area contributed by atoms with Crippen LogP contribution in [0.15, 0.2) is 40.2 Å². The van der Waals surface area contributed by atoms with E-state index in [4.69, 9.17) is 0 Å². The smallest absolute Gasteiger partial charge is 0.191 e. The van der Waals surface area contributed by atoms with E-state index in [0.29, 0.717) is 4.75 Å². The Morgan fingerprint density at radius 2 is 1.77 bits per heavy atom. The van der Waals surface area contributed by atoms with Crippen molar-refractivity contribution >= 4 is 17.7 Å².